The molecule has 1 aromatic rings. The molecule has 4 nitrogen and oxygen atoms in total. The van der Waals surface area contributed by atoms with Gasteiger partial charge in [-0.25, -0.2) is 9.78 Å². The monoisotopic (exact) mass is 254 g/mol. The molecule has 1 aromatic heterocycles. The van der Waals surface area contributed by atoms with Gasteiger partial charge in [-0.05, 0) is 25.7 Å². The Kier molecular flexibility index (Phi) is 3.99. The predicted octanol–water partition coefficient (Wildman–Crippen LogP) is 2.92. The highest BCUT2D eigenvalue weighted by atomic mass is 32.1. The standard InChI is InChI=1S/C12H18N2O2S/c1-8(9-5-3-4-6-9)13-12-14-10(7-17-12)11(15)16-2/h7-9H,3-6H2,1-2H3,(H,13,14). The minimum absolute atomic E-state index is 0.372. The second-order valence-corrected chi connectivity index (χ2v) is 5.37. The van der Waals surface area contributed by atoms with Gasteiger partial charge in [0.2, 0.25) is 0 Å². The number of thiazole rings is 1. The first-order chi connectivity index (χ1) is 8.20. The third-order valence-corrected chi connectivity index (χ3v) is 4.13. The number of aromatic nitrogens is 1. The zero-order valence-electron chi connectivity index (χ0n) is 10.2. The number of esters is 1. The molecule has 1 atom stereocenters. The van der Waals surface area contributed by atoms with Crippen molar-refractivity contribution in [3.8, 4) is 0 Å². The SMILES string of the molecule is COC(=O)c1csc(NC(C)C2CCCC2)n1. The van der Waals surface area contributed by atoms with Crippen molar-refractivity contribution >= 4 is 22.4 Å². The number of ether oxygens (including phenoxy) is 1. The Labute approximate surface area is 105 Å². The van der Waals surface area contributed by atoms with E-state index in [4.69, 9.17) is 0 Å². The maximum atomic E-state index is 11.3. The molecular weight excluding hydrogens is 236 g/mol. The van der Waals surface area contributed by atoms with Crippen LogP contribution in [0.1, 0.15) is 43.1 Å². The molecule has 0 aromatic carbocycles. The summed E-state index contributed by atoms with van der Waals surface area (Å²) in [4.78, 5) is 15.5. The lowest BCUT2D eigenvalue weighted by atomic mass is 10.0. The second-order valence-electron chi connectivity index (χ2n) is 4.51. The van der Waals surface area contributed by atoms with Crippen molar-refractivity contribution in [3.63, 3.8) is 0 Å². The van der Waals surface area contributed by atoms with Crippen molar-refractivity contribution in [3.05, 3.63) is 11.1 Å². The molecule has 0 spiro atoms. The fourth-order valence-corrected chi connectivity index (χ4v) is 3.09. The van der Waals surface area contributed by atoms with Crippen molar-refractivity contribution in [2.24, 2.45) is 5.92 Å². The molecule has 1 aliphatic rings. The summed E-state index contributed by atoms with van der Waals surface area (Å²) in [7, 11) is 1.37. The Morgan fingerprint density at radius 3 is 2.94 bits per heavy atom. The number of carbonyl (C=O) groups is 1. The van der Waals surface area contributed by atoms with Gasteiger partial charge in [-0.15, -0.1) is 11.3 Å². The van der Waals surface area contributed by atoms with E-state index in [9.17, 15) is 4.79 Å². The van der Waals surface area contributed by atoms with Gasteiger partial charge in [0.1, 0.15) is 0 Å². The van der Waals surface area contributed by atoms with E-state index < -0.39 is 0 Å². The highest BCUT2D eigenvalue weighted by Gasteiger charge is 2.22. The van der Waals surface area contributed by atoms with Gasteiger partial charge in [0, 0.05) is 11.4 Å². The third-order valence-electron chi connectivity index (χ3n) is 3.36. The summed E-state index contributed by atoms with van der Waals surface area (Å²) in [6.07, 6.45) is 5.26. The molecule has 1 heterocycles. The van der Waals surface area contributed by atoms with Crippen LogP contribution in [0.3, 0.4) is 0 Å². The summed E-state index contributed by atoms with van der Waals surface area (Å²) in [6, 6.07) is 0.425. The molecular formula is C12H18N2O2S. The highest BCUT2D eigenvalue weighted by Crippen LogP contribution is 2.29. The Hall–Kier alpha value is -1.10. The summed E-state index contributed by atoms with van der Waals surface area (Å²) in [5, 5.41) is 5.92. The normalized spacial score (nSPS) is 18.0. The van der Waals surface area contributed by atoms with Gasteiger partial charge < -0.3 is 10.1 Å². The fraction of sp³-hybridized carbons (Fsp3) is 0.667. The van der Waals surface area contributed by atoms with Gasteiger partial charge in [0.15, 0.2) is 10.8 Å². The lowest BCUT2D eigenvalue weighted by molar-refractivity contribution is 0.0595. The average Bonchev–Trinajstić information content (AvgIpc) is 2.98. The smallest absolute Gasteiger partial charge is 0.357 e. The van der Waals surface area contributed by atoms with Crippen LogP contribution in [-0.2, 0) is 4.74 Å². The number of methoxy groups -OCH3 is 1. The molecule has 1 N–H and O–H groups in total. The van der Waals surface area contributed by atoms with E-state index in [0.717, 1.165) is 11.0 Å². The number of anilines is 1. The molecule has 1 unspecified atom stereocenters. The van der Waals surface area contributed by atoms with E-state index in [0.29, 0.717) is 11.7 Å². The maximum absolute atomic E-state index is 11.3. The van der Waals surface area contributed by atoms with Gasteiger partial charge in [-0.1, -0.05) is 12.8 Å². The lowest BCUT2D eigenvalue weighted by Gasteiger charge is -2.19. The van der Waals surface area contributed by atoms with Crippen molar-refractivity contribution < 1.29 is 9.53 Å². The van der Waals surface area contributed by atoms with E-state index in [1.165, 1.54) is 44.1 Å². The molecule has 0 aliphatic heterocycles. The van der Waals surface area contributed by atoms with E-state index >= 15 is 0 Å². The first-order valence-corrected chi connectivity index (χ1v) is 6.89. The van der Waals surface area contributed by atoms with Crippen LogP contribution in [0.15, 0.2) is 5.38 Å². The molecule has 0 amide bonds. The van der Waals surface area contributed by atoms with Crippen LogP contribution in [0.2, 0.25) is 0 Å². The van der Waals surface area contributed by atoms with E-state index in [1.807, 2.05) is 0 Å². The minimum Gasteiger partial charge on any atom is -0.464 e. The molecule has 5 heteroatoms. The quantitative estimate of drug-likeness (QED) is 0.839. The van der Waals surface area contributed by atoms with Crippen molar-refractivity contribution in [1.82, 2.24) is 4.98 Å². The Morgan fingerprint density at radius 2 is 2.29 bits per heavy atom. The zero-order valence-corrected chi connectivity index (χ0v) is 11.0. The molecule has 17 heavy (non-hydrogen) atoms. The average molecular weight is 254 g/mol. The van der Waals surface area contributed by atoms with Crippen LogP contribution >= 0.6 is 11.3 Å². The molecule has 1 saturated carbocycles. The third kappa shape index (κ3) is 2.97. The molecule has 1 fully saturated rings. The summed E-state index contributed by atoms with van der Waals surface area (Å²) >= 11 is 1.46. The van der Waals surface area contributed by atoms with Crippen LogP contribution in [0, 0.1) is 5.92 Å². The van der Waals surface area contributed by atoms with Crippen LogP contribution in [0.5, 0.6) is 0 Å². The van der Waals surface area contributed by atoms with Crippen molar-refractivity contribution in [2.45, 2.75) is 38.6 Å². The number of nitrogens with one attached hydrogen (secondary N) is 1. The molecule has 2 rings (SSSR count). The van der Waals surface area contributed by atoms with Crippen LogP contribution in [-0.4, -0.2) is 24.1 Å². The van der Waals surface area contributed by atoms with Gasteiger partial charge >= 0.3 is 5.97 Å². The molecule has 1 aliphatic carbocycles. The molecule has 94 valence electrons. The first-order valence-electron chi connectivity index (χ1n) is 6.01. The van der Waals surface area contributed by atoms with Crippen molar-refractivity contribution in [2.75, 3.05) is 12.4 Å². The molecule has 0 radical (unpaired) electrons. The number of hydrogen-bond acceptors (Lipinski definition) is 5. The zero-order chi connectivity index (χ0) is 12.3. The molecule has 0 saturated heterocycles. The van der Waals surface area contributed by atoms with Crippen LogP contribution in [0.4, 0.5) is 5.13 Å². The minimum atomic E-state index is -0.372. The summed E-state index contributed by atoms with van der Waals surface area (Å²) in [6.45, 7) is 2.19. The summed E-state index contributed by atoms with van der Waals surface area (Å²) in [5.74, 6) is 0.364. The molecule has 0 bridgehead atoms. The van der Waals surface area contributed by atoms with Gasteiger partial charge in [0.25, 0.3) is 0 Å². The second kappa shape index (κ2) is 5.49. The van der Waals surface area contributed by atoms with Crippen LogP contribution in [0.25, 0.3) is 0 Å². The highest BCUT2D eigenvalue weighted by molar-refractivity contribution is 7.13. The Balaban J connectivity index is 1.94. The number of carbonyl (C=O) groups excluding carboxylic acids is 1. The van der Waals surface area contributed by atoms with Crippen molar-refractivity contribution in [1.29, 1.82) is 0 Å². The Bertz CT molecular complexity index is 386. The van der Waals surface area contributed by atoms with E-state index in [1.54, 1.807) is 5.38 Å². The first kappa shape index (κ1) is 12.4. The maximum Gasteiger partial charge on any atom is 0.357 e. The number of hydrogen-bond donors (Lipinski definition) is 1. The number of rotatable bonds is 4. The van der Waals surface area contributed by atoms with Gasteiger partial charge in [-0.3, -0.25) is 0 Å². The summed E-state index contributed by atoms with van der Waals surface area (Å²) in [5.41, 5.74) is 0.388. The van der Waals surface area contributed by atoms with Gasteiger partial charge in [-0.2, -0.15) is 0 Å². The van der Waals surface area contributed by atoms with E-state index in [2.05, 4.69) is 22.0 Å². The fourth-order valence-electron chi connectivity index (χ4n) is 2.31. The lowest BCUT2D eigenvalue weighted by Crippen LogP contribution is -2.23. The number of nitrogens with zero attached hydrogens (tertiary/aromatic N) is 1. The predicted molar refractivity (Wildman–Crippen MR) is 68.5 cm³/mol. The van der Waals surface area contributed by atoms with E-state index in [-0.39, 0.29) is 5.97 Å². The largest absolute Gasteiger partial charge is 0.464 e. The van der Waals surface area contributed by atoms with Crippen LogP contribution < -0.4 is 5.32 Å². The Morgan fingerprint density at radius 1 is 1.59 bits per heavy atom. The summed E-state index contributed by atoms with van der Waals surface area (Å²) < 4.78 is 4.63. The van der Waals surface area contributed by atoms with Gasteiger partial charge in [0.05, 0.1) is 7.11 Å². The topological polar surface area (TPSA) is 51.2 Å².